The van der Waals surface area contributed by atoms with E-state index < -0.39 is 17.1 Å². The SMILES string of the molecule is CCC1(CC)[C@H]2NC(Cl)=C(C#N)[C@@]1(C#N)C(=N)O2. The first-order chi connectivity index (χ1) is 8.53. The first kappa shape index (κ1) is 12.7. The summed E-state index contributed by atoms with van der Waals surface area (Å²) in [5.74, 6) is -0.182. The Morgan fingerprint density at radius 1 is 1.44 bits per heavy atom. The second-order valence-corrected chi connectivity index (χ2v) is 4.88. The summed E-state index contributed by atoms with van der Waals surface area (Å²) in [5.41, 5.74) is -1.89. The van der Waals surface area contributed by atoms with Crippen LogP contribution >= 0.6 is 11.6 Å². The molecule has 5 nitrogen and oxygen atoms in total. The fourth-order valence-electron chi connectivity index (χ4n) is 3.13. The number of nitriles is 2. The minimum atomic E-state index is -1.36. The molecule has 0 aliphatic carbocycles. The molecule has 94 valence electrons. The summed E-state index contributed by atoms with van der Waals surface area (Å²) in [6.45, 7) is 3.86. The number of hydrogen-bond donors (Lipinski definition) is 2. The predicted octanol–water partition coefficient (Wildman–Crippen LogP) is 2.21. The fourth-order valence-corrected chi connectivity index (χ4v) is 3.41. The summed E-state index contributed by atoms with van der Waals surface area (Å²) < 4.78 is 5.45. The molecule has 2 atom stereocenters. The predicted molar refractivity (Wildman–Crippen MR) is 65.3 cm³/mol. The maximum absolute atomic E-state index is 9.61. The van der Waals surface area contributed by atoms with Crippen molar-refractivity contribution >= 4 is 17.5 Å². The fraction of sp³-hybridized carbons (Fsp3) is 0.583. The van der Waals surface area contributed by atoms with Gasteiger partial charge in [0, 0.05) is 0 Å². The van der Waals surface area contributed by atoms with Gasteiger partial charge in [-0.2, -0.15) is 10.5 Å². The molecule has 2 rings (SSSR count). The third-order valence-electron chi connectivity index (χ3n) is 4.22. The largest absolute Gasteiger partial charge is 0.455 e. The van der Waals surface area contributed by atoms with Crippen LogP contribution in [-0.4, -0.2) is 12.1 Å². The Morgan fingerprint density at radius 2 is 2.06 bits per heavy atom. The molecular formula is C12H13ClN4O. The molecule has 2 aliphatic heterocycles. The first-order valence-corrected chi connectivity index (χ1v) is 6.15. The minimum Gasteiger partial charge on any atom is -0.455 e. The van der Waals surface area contributed by atoms with Gasteiger partial charge in [-0.15, -0.1) is 0 Å². The molecule has 0 spiro atoms. The van der Waals surface area contributed by atoms with E-state index in [0.29, 0.717) is 12.8 Å². The Labute approximate surface area is 110 Å². The average Bonchev–Trinajstić information content (AvgIpc) is 2.53. The molecule has 1 fully saturated rings. The van der Waals surface area contributed by atoms with E-state index in [9.17, 15) is 10.5 Å². The van der Waals surface area contributed by atoms with E-state index in [0.717, 1.165) is 0 Å². The number of nitrogens with one attached hydrogen (secondary N) is 2. The van der Waals surface area contributed by atoms with Crippen LogP contribution < -0.4 is 5.32 Å². The molecular weight excluding hydrogens is 252 g/mol. The lowest BCUT2D eigenvalue weighted by atomic mass is 9.57. The molecule has 0 radical (unpaired) electrons. The number of nitrogens with zero attached hydrogens (tertiary/aromatic N) is 2. The van der Waals surface area contributed by atoms with Gasteiger partial charge in [-0.1, -0.05) is 25.4 Å². The van der Waals surface area contributed by atoms with Gasteiger partial charge in [0.2, 0.25) is 5.90 Å². The van der Waals surface area contributed by atoms with E-state index in [4.69, 9.17) is 21.7 Å². The highest BCUT2D eigenvalue weighted by Gasteiger charge is 2.70. The zero-order chi connectivity index (χ0) is 13.6. The van der Waals surface area contributed by atoms with Crippen molar-refractivity contribution in [2.45, 2.75) is 32.9 Å². The van der Waals surface area contributed by atoms with E-state index in [1.165, 1.54) is 0 Å². The number of hydrogen-bond acceptors (Lipinski definition) is 5. The minimum absolute atomic E-state index is 0.0918. The third-order valence-corrected chi connectivity index (χ3v) is 4.52. The van der Waals surface area contributed by atoms with Gasteiger partial charge >= 0.3 is 0 Å². The average molecular weight is 265 g/mol. The molecule has 0 unspecified atom stereocenters. The Morgan fingerprint density at radius 3 is 2.50 bits per heavy atom. The summed E-state index contributed by atoms with van der Waals surface area (Å²) in [4.78, 5) is 0. The molecule has 1 saturated heterocycles. The molecule has 2 N–H and O–H groups in total. The molecule has 0 aromatic carbocycles. The smallest absolute Gasteiger partial charge is 0.209 e. The third kappa shape index (κ3) is 1.08. The quantitative estimate of drug-likeness (QED) is 0.748. The molecule has 0 aromatic heterocycles. The molecule has 0 saturated carbocycles. The van der Waals surface area contributed by atoms with Crippen LogP contribution in [0.2, 0.25) is 0 Å². The lowest BCUT2D eigenvalue weighted by molar-refractivity contribution is 0.0296. The van der Waals surface area contributed by atoms with Gasteiger partial charge in [-0.05, 0) is 12.8 Å². The van der Waals surface area contributed by atoms with Crippen molar-refractivity contribution in [1.29, 1.82) is 15.9 Å². The molecule has 18 heavy (non-hydrogen) atoms. The Bertz CT molecular complexity index is 523. The molecule has 0 amide bonds. The van der Waals surface area contributed by atoms with Crippen molar-refractivity contribution in [1.82, 2.24) is 5.32 Å². The Balaban J connectivity index is 2.81. The van der Waals surface area contributed by atoms with Crippen LogP contribution in [0.1, 0.15) is 26.7 Å². The monoisotopic (exact) mass is 264 g/mol. The number of fused-ring (bicyclic) bond motifs is 2. The highest BCUT2D eigenvalue weighted by molar-refractivity contribution is 6.30. The van der Waals surface area contributed by atoms with Crippen LogP contribution in [0, 0.1) is 38.9 Å². The van der Waals surface area contributed by atoms with Crippen molar-refractivity contribution in [2.75, 3.05) is 0 Å². The summed E-state index contributed by atoms with van der Waals surface area (Å²) in [6, 6.07) is 4.10. The van der Waals surface area contributed by atoms with Gasteiger partial charge in [0.05, 0.1) is 17.1 Å². The van der Waals surface area contributed by atoms with Crippen molar-refractivity contribution in [3.8, 4) is 12.1 Å². The Kier molecular flexibility index (Phi) is 2.76. The van der Waals surface area contributed by atoms with Crippen molar-refractivity contribution in [2.24, 2.45) is 10.8 Å². The van der Waals surface area contributed by atoms with E-state index in [-0.39, 0.29) is 16.6 Å². The van der Waals surface area contributed by atoms with E-state index in [1.54, 1.807) is 0 Å². The lowest BCUT2D eigenvalue weighted by Gasteiger charge is -2.43. The highest BCUT2D eigenvalue weighted by Crippen LogP contribution is 2.60. The number of ether oxygens (including phenoxy) is 1. The van der Waals surface area contributed by atoms with E-state index in [2.05, 4.69) is 11.4 Å². The summed E-state index contributed by atoms with van der Waals surface area (Å²) in [5, 5.41) is 29.9. The second kappa shape index (κ2) is 3.90. The topological polar surface area (TPSA) is 92.7 Å². The summed E-state index contributed by atoms with van der Waals surface area (Å²) >= 11 is 6.01. The molecule has 2 aliphatic rings. The van der Waals surface area contributed by atoms with Crippen LogP contribution in [0.3, 0.4) is 0 Å². The number of halogens is 1. The van der Waals surface area contributed by atoms with Crippen molar-refractivity contribution < 1.29 is 4.74 Å². The van der Waals surface area contributed by atoms with Gasteiger partial charge in [-0.25, -0.2) is 0 Å². The maximum atomic E-state index is 9.61. The zero-order valence-corrected chi connectivity index (χ0v) is 10.9. The summed E-state index contributed by atoms with van der Waals surface area (Å²) in [7, 11) is 0. The molecule has 2 heterocycles. The van der Waals surface area contributed by atoms with Crippen molar-refractivity contribution in [3.05, 3.63) is 10.7 Å². The Hall–Kier alpha value is -1.72. The van der Waals surface area contributed by atoms with Crippen LogP contribution in [0.15, 0.2) is 10.7 Å². The molecule has 2 bridgehead atoms. The second-order valence-electron chi connectivity index (χ2n) is 4.50. The van der Waals surface area contributed by atoms with Crippen LogP contribution in [-0.2, 0) is 4.74 Å². The van der Waals surface area contributed by atoms with Gasteiger partial charge in [0.1, 0.15) is 11.2 Å². The number of rotatable bonds is 2. The van der Waals surface area contributed by atoms with E-state index in [1.807, 2.05) is 19.9 Å². The molecule has 6 heteroatoms. The van der Waals surface area contributed by atoms with E-state index >= 15 is 0 Å². The molecule has 0 aromatic rings. The van der Waals surface area contributed by atoms with Crippen LogP contribution in [0.25, 0.3) is 0 Å². The van der Waals surface area contributed by atoms with Gasteiger partial charge in [0.25, 0.3) is 0 Å². The van der Waals surface area contributed by atoms with Gasteiger partial charge < -0.3 is 10.1 Å². The zero-order valence-electron chi connectivity index (χ0n) is 10.2. The van der Waals surface area contributed by atoms with Gasteiger partial charge in [0.15, 0.2) is 11.6 Å². The van der Waals surface area contributed by atoms with Crippen LogP contribution in [0.5, 0.6) is 0 Å². The maximum Gasteiger partial charge on any atom is 0.209 e. The van der Waals surface area contributed by atoms with Crippen LogP contribution in [0.4, 0.5) is 0 Å². The lowest BCUT2D eigenvalue weighted by Crippen LogP contribution is -2.54. The summed E-state index contributed by atoms with van der Waals surface area (Å²) in [6.07, 6.45) is 0.711. The highest BCUT2D eigenvalue weighted by atomic mass is 35.5. The first-order valence-electron chi connectivity index (χ1n) is 5.77. The normalized spacial score (nSPS) is 32.3. The van der Waals surface area contributed by atoms with Crippen molar-refractivity contribution in [3.63, 3.8) is 0 Å². The standard InChI is InChI=1S/C12H13ClN4O/c1-3-11(4-2)10-17-8(13)7(5-14)12(11,6-15)9(16)18-10/h10,16-17H,3-4H2,1-2H3/t10-,12-/m0/s1. The van der Waals surface area contributed by atoms with Gasteiger partial charge in [-0.3, -0.25) is 5.41 Å².